The molecule has 7 heteroatoms. The van der Waals surface area contributed by atoms with Crippen LogP contribution >= 0.6 is 11.3 Å². The molecular weight excluding hydrogens is 396 g/mol. The lowest BCUT2D eigenvalue weighted by Crippen LogP contribution is -2.50. The van der Waals surface area contributed by atoms with Crippen LogP contribution in [-0.4, -0.2) is 42.4 Å². The maximum absolute atomic E-state index is 12.6. The monoisotopic (exact) mass is 430 g/mol. The van der Waals surface area contributed by atoms with Crippen LogP contribution in [0.15, 0.2) is 45.3 Å². The van der Waals surface area contributed by atoms with Crippen LogP contribution in [0.2, 0.25) is 0 Å². The molecule has 0 atom stereocenters. The van der Waals surface area contributed by atoms with Gasteiger partial charge in [-0.3, -0.25) is 4.79 Å². The molecule has 1 amide bonds. The van der Waals surface area contributed by atoms with Gasteiger partial charge in [0.2, 0.25) is 5.91 Å². The predicted octanol–water partition coefficient (Wildman–Crippen LogP) is 4.05. The van der Waals surface area contributed by atoms with Gasteiger partial charge in [-0.2, -0.15) is 0 Å². The second-order valence-corrected chi connectivity index (χ2v) is 8.79. The summed E-state index contributed by atoms with van der Waals surface area (Å²) in [5.41, 5.74) is 0. The molecule has 0 unspecified atom stereocenters. The molecule has 0 spiro atoms. The molecule has 1 aliphatic rings. The number of likely N-dealkylation sites (tertiary alicyclic amines) is 1. The van der Waals surface area contributed by atoms with Crippen LogP contribution in [0.4, 0.5) is 0 Å². The number of hydrogen-bond donors (Lipinski definition) is 2. The van der Waals surface area contributed by atoms with Crippen molar-refractivity contribution in [2.45, 2.75) is 58.5 Å². The number of aliphatic imine (C=N–C) groups is 1. The zero-order valence-corrected chi connectivity index (χ0v) is 18.9. The summed E-state index contributed by atoms with van der Waals surface area (Å²) in [6.45, 7) is 7.26. The van der Waals surface area contributed by atoms with Crippen molar-refractivity contribution in [3.05, 3.63) is 46.5 Å². The van der Waals surface area contributed by atoms with Crippen LogP contribution in [0.3, 0.4) is 0 Å². The van der Waals surface area contributed by atoms with Crippen LogP contribution in [0.5, 0.6) is 0 Å². The molecule has 1 fully saturated rings. The minimum absolute atomic E-state index is 0.167. The van der Waals surface area contributed by atoms with Crippen molar-refractivity contribution in [3.63, 3.8) is 0 Å². The third-order valence-electron chi connectivity index (χ3n) is 5.70. The summed E-state index contributed by atoms with van der Waals surface area (Å²) < 4.78 is 5.42. The number of rotatable bonds is 9. The van der Waals surface area contributed by atoms with Crippen molar-refractivity contribution in [2.75, 3.05) is 19.6 Å². The van der Waals surface area contributed by atoms with Gasteiger partial charge in [-0.25, -0.2) is 4.99 Å². The second kappa shape index (κ2) is 11.8. The van der Waals surface area contributed by atoms with Crippen molar-refractivity contribution < 1.29 is 9.21 Å². The van der Waals surface area contributed by atoms with E-state index in [9.17, 15) is 4.79 Å². The molecule has 1 saturated heterocycles. The van der Waals surface area contributed by atoms with Crippen molar-refractivity contribution in [1.82, 2.24) is 15.5 Å². The minimum Gasteiger partial charge on any atom is -0.469 e. The van der Waals surface area contributed by atoms with Gasteiger partial charge in [-0.15, -0.1) is 11.3 Å². The molecule has 30 heavy (non-hydrogen) atoms. The fourth-order valence-corrected chi connectivity index (χ4v) is 4.43. The van der Waals surface area contributed by atoms with Gasteiger partial charge in [-0.05, 0) is 49.3 Å². The van der Waals surface area contributed by atoms with Gasteiger partial charge in [0.1, 0.15) is 5.76 Å². The highest BCUT2D eigenvalue weighted by molar-refractivity contribution is 7.09. The van der Waals surface area contributed by atoms with Crippen molar-refractivity contribution in [3.8, 4) is 0 Å². The standard InChI is InChI=1S/C23H34N4O2S/c1-3-18(4-2)22(28)27-13-10-19(11-14-27)26-23(25-17-21-8-6-16-30-21)24-12-9-20-7-5-15-29-20/h5-8,15-16,18-19H,3-4,9-14,17H2,1-2H3,(H2,24,25,26). The van der Waals surface area contributed by atoms with E-state index in [1.54, 1.807) is 17.6 Å². The van der Waals surface area contributed by atoms with Gasteiger partial charge in [0.15, 0.2) is 5.96 Å². The highest BCUT2D eigenvalue weighted by Crippen LogP contribution is 2.17. The first-order valence-electron chi connectivity index (χ1n) is 11.1. The van der Waals surface area contributed by atoms with Gasteiger partial charge in [0, 0.05) is 42.9 Å². The summed E-state index contributed by atoms with van der Waals surface area (Å²) in [7, 11) is 0. The molecule has 3 heterocycles. The molecule has 3 rings (SSSR count). The number of hydrogen-bond acceptors (Lipinski definition) is 4. The fraction of sp³-hybridized carbons (Fsp3) is 0.565. The molecule has 1 aliphatic heterocycles. The normalized spacial score (nSPS) is 15.6. The number of carbonyl (C=O) groups excluding carboxylic acids is 1. The number of furan rings is 1. The summed E-state index contributed by atoms with van der Waals surface area (Å²) in [4.78, 5) is 20.7. The number of carbonyl (C=O) groups is 1. The highest BCUT2D eigenvalue weighted by Gasteiger charge is 2.26. The Bertz CT molecular complexity index is 761. The van der Waals surface area contributed by atoms with Crippen LogP contribution in [-0.2, 0) is 17.8 Å². The highest BCUT2D eigenvalue weighted by atomic mass is 32.1. The fourth-order valence-electron chi connectivity index (χ4n) is 3.80. The van der Waals surface area contributed by atoms with Crippen LogP contribution in [0.1, 0.15) is 50.2 Å². The van der Waals surface area contributed by atoms with Crippen LogP contribution in [0, 0.1) is 5.92 Å². The summed E-state index contributed by atoms with van der Waals surface area (Å²) in [6, 6.07) is 8.39. The molecule has 0 saturated carbocycles. The molecule has 0 aliphatic carbocycles. The Morgan fingerprint density at radius 1 is 1.27 bits per heavy atom. The van der Waals surface area contributed by atoms with Gasteiger partial charge in [0.25, 0.3) is 0 Å². The Kier molecular flexibility index (Phi) is 8.81. The van der Waals surface area contributed by atoms with E-state index in [4.69, 9.17) is 9.41 Å². The van der Waals surface area contributed by atoms with E-state index >= 15 is 0 Å². The Hall–Kier alpha value is -2.28. The molecule has 0 aromatic carbocycles. The molecular formula is C23H34N4O2S. The zero-order chi connectivity index (χ0) is 21.2. The van der Waals surface area contributed by atoms with Gasteiger partial charge in [-0.1, -0.05) is 19.9 Å². The molecule has 0 bridgehead atoms. The second-order valence-electron chi connectivity index (χ2n) is 7.76. The Labute approximate surface area is 183 Å². The van der Waals surface area contributed by atoms with Crippen molar-refractivity contribution in [2.24, 2.45) is 10.9 Å². The lowest BCUT2D eigenvalue weighted by Gasteiger charge is -2.35. The Morgan fingerprint density at radius 2 is 2.07 bits per heavy atom. The van der Waals surface area contributed by atoms with Gasteiger partial charge in [0.05, 0.1) is 12.8 Å². The van der Waals surface area contributed by atoms with E-state index in [-0.39, 0.29) is 5.92 Å². The number of guanidine groups is 1. The number of piperidine rings is 1. The summed E-state index contributed by atoms with van der Waals surface area (Å²) >= 11 is 1.72. The minimum atomic E-state index is 0.167. The van der Waals surface area contributed by atoms with Gasteiger partial charge >= 0.3 is 0 Å². The molecule has 164 valence electrons. The molecule has 2 aromatic rings. The lowest BCUT2D eigenvalue weighted by molar-refractivity contribution is -0.136. The summed E-state index contributed by atoms with van der Waals surface area (Å²) in [6.07, 6.45) is 6.26. The topological polar surface area (TPSA) is 69.9 Å². The number of nitrogens with one attached hydrogen (secondary N) is 2. The first-order chi connectivity index (χ1) is 14.7. The van der Waals surface area contributed by atoms with Crippen molar-refractivity contribution >= 4 is 23.2 Å². The average molecular weight is 431 g/mol. The number of nitrogens with zero attached hydrogens (tertiary/aromatic N) is 2. The zero-order valence-electron chi connectivity index (χ0n) is 18.1. The Morgan fingerprint density at radius 3 is 2.70 bits per heavy atom. The lowest BCUT2D eigenvalue weighted by atomic mass is 9.98. The molecule has 6 nitrogen and oxygen atoms in total. The Balaban J connectivity index is 1.52. The maximum atomic E-state index is 12.6. The summed E-state index contributed by atoms with van der Waals surface area (Å²) in [5.74, 6) is 2.29. The van der Waals surface area contributed by atoms with Crippen LogP contribution in [0.25, 0.3) is 0 Å². The summed E-state index contributed by atoms with van der Waals surface area (Å²) in [5, 5.41) is 9.11. The first-order valence-corrected chi connectivity index (χ1v) is 12.0. The number of amides is 1. The largest absolute Gasteiger partial charge is 0.469 e. The average Bonchev–Trinajstić information content (AvgIpc) is 3.47. The molecule has 2 aromatic heterocycles. The van der Waals surface area contributed by atoms with E-state index in [2.05, 4.69) is 42.0 Å². The first kappa shape index (κ1) is 22.4. The van der Waals surface area contributed by atoms with Crippen molar-refractivity contribution in [1.29, 1.82) is 0 Å². The van der Waals surface area contributed by atoms with E-state index < -0.39 is 0 Å². The quantitative estimate of drug-likeness (QED) is 0.465. The third kappa shape index (κ3) is 6.62. The maximum Gasteiger partial charge on any atom is 0.225 e. The van der Waals surface area contributed by atoms with E-state index in [0.717, 1.165) is 63.5 Å². The van der Waals surface area contributed by atoms with Crippen LogP contribution < -0.4 is 10.6 Å². The van der Waals surface area contributed by atoms with E-state index in [1.165, 1.54) is 4.88 Å². The van der Waals surface area contributed by atoms with E-state index in [0.29, 0.717) is 18.5 Å². The SMILES string of the molecule is CCC(CC)C(=O)N1CCC(NC(=NCc2cccs2)NCCc2ccco2)CC1. The van der Waals surface area contributed by atoms with Gasteiger partial charge < -0.3 is 20.0 Å². The predicted molar refractivity (Wildman–Crippen MR) is 123 cm³/mol. The molecule has 0 radical (unpaired) electrons. The third-order valence-corrected chi connectivity index (χ3v) is 6.56. The molecule has 2 N–H and O–H groups in total. The smallest absolute Gasteiger partial charge is 0.225 e. The van der Waals surface area contributed by atoms with E-state index in [1.807, 2.05) is 17.0 Å². The number of thiophene rings is 1.